The zero-order valence-corrected chi connectivity index (χ0v) is 17.6. The summed E-state index contributed by atoms with van der Waals surface area (Å²) in [4.78, 5) is 12.5. The molecule has 1 N–H and O–H groups in total. The Bertz CT molecular complexity index is 960. The number of hydrogen-bond acceptors (Lipinski definition) is 5. The number of nitrogens with one attached hydrogen (secondary N) is 1. The van der Waals surface area contributed by atoms with Crippen LogP contribution in [-0.2, 0) is 21.4 Å². The van der Waals surface area contributed by atoms with Gasteiger partial charge in [-0.1, -0.05) is 26.0 Å². The fraction of sp³-hybridized carbons (Fsp3) is 0.333. The maximum atomic E-state index is 12.5. The predicted molar refractivity (Wildman–Crippen MR) is 110 cm³/mol. The van der Waals surface area contributed by atoms with Crippen LogP contribution in [0.1, 0.15) is 31.9 Å². The van der Waals surface area contributed by atoms with E-state index in [-0.39, 0.29) is 17.3 Å². The molecule has 0 unspecified atom stereocenters. The third kappa shape index (κ3) is 5.79. The molecule has 154 valence electrons. The first-order valence-electron chi connectivity index (χ1n) is 9.35. The molecule has 0 heterocycles. The molecule has 0 fully saturated rings. The van der Waals surface area contributed by atoms with E-state index < -0.39 is 16.1 Å². The van der Waals surface area contributed by atoms with Crippen molar-refractivity contribution in [3.05, 3.63) is 59.7 Å². The lowest BCUT2D eigenvalue weighted by Gasteiger charge is -2.18. The third-order valence-electron chi connectivity index (χ3n) is 4.40. The predicted octanol–water partition coefficient (Wildman–Crippen LogP) is 2.67. The molecule has 0 saturated carbocycles. The fourth-order valence-corrected chi connectivity index (χ4v) is 4.15. The lowest BCUT2D eigenvalue weighted by molar-refractivity contribution is -0.127. The van der Waals surface area contributed by atoms with E-state index in [0.717, 1.165) is 5.56 Å². The van der Waals surface area contributed by atoms with E-state index in [2.05, 4.69) is 5.32 Å². The maximum absolute atomic E-state index is 12.5. The third-order valence-corrected chi connectivity index (χ3v) is 6.46. The van der Waals surface area contributed by atoms with E-state index in [0.29, 0.717) is 24.4 Å². The van der Waals surface area contributed by atoms with Crippen molar-refractivity contribution in [1.29, 1.82) is 5.26 Å². The molecular formula is C21H25N3O4S. The van der Waals surface area contributed by atoms with Gasteiger partial charge < -0.3 is 10.1 Å². The molecule has 1 amide bonds. The van der Waals surface area contributed by atoms with Crippen LogP contribution in [0.4, 0.5) is 0 Å². The molecule has 2 aromatic carbocycles. The second kappa shape index (κ2) is 10.0. The number of carbonyl (C=O) groups excluding carboxylic acids is 1. The van der Waals surface area contributed by atoms with Crippen LogP contribution in [0.2, 0.25) is 0 Å². The first-order chi connectivity index (χ1) is 13.8. The number of carbonyl (C=O) groups is 1. The molecule has 0 aromatic heterocycles. The van der Waals surface area contributed by atoms with Crippen LogP contribution < -0.4 is 10.1 Å². The quantitative estimate of drug-likeness (QED) is 0.679. The number of rotatable bonds is 9. The Morgan fingerprint density at radius 2 is 1.69 bits per heavy atom. The molecule has 0 aliphatic rings. The average molecular weight is 416 g/mol. The highest BCUT2D eigenvalue weighted by Crippen LogP contribution is 2.16. The molecule has 2 rings (SSSR count). The first kappa shape index (κ1) is 22.4. The Morgan fingerprint density at radius 1 is 1.10 bits per heavy atom. The SMILES string of the molecule is CCN(CC)S(=O)(=O)c1ccc(CNC(=O)[C@@H](C)Oc2ccc(C#N)cc2)cc1. The van der Waals surface area contributed by atoms with Crippen LogP contribution in [0.25, 0.3) is 0 Å². The van der Waals surface area contributed by atoms with Gasteiger partial charge in [-0.05, 0) is 48.9 Å². The topological polar surface area (TPSA) is 99.5 Å². The molecule has 0 aliphatic heterocycles. The summed E-state index contributed by atoms with van der Waals surface area (Å²) >= 11 is 0. The molecule has 0 spiro atoms. The van der Waals surface area contributed by atoms with Gasteiger partial charge in [-0.3, -0.25) is 4.79 Å². The van der Waals surface area contributed by atoms with Crippen molar-refractivity contribution in [2.24, 2.45) is 0 Å². The average Bonchev–Trinajstić information content (AvgIpc) is 2.73. The number of benzene rings is 2. The molecule has 8 heteroatoms. The summed E-state index contributed by atoms with van der Waals surface area (Å²) in [6.07, 6.45) is -0.717. The summed E-state index contributed by atoms with van der Waals surface area (Å²) in [6.45, 7) is 6.30. The van der Waals surface area contributed by atoms with Crippen molar-refractivity contribution in [2.45, 2.75) is 38.3 Å². The van der Waals surface area contributed by atoms with E-state index in [1.165, 1.54) is 4.31 Å². The summed E-state index contributed by atoms with van der Waals surface area (Å²) < 4.78 is 32.0. The van der Waals surface area contributed by atoms with Crippen molar-refractivity contribution >= 4 is 15.9 Å². The van der Waals surface area contributed by atoms with Gasteiger partial charge in [0.05, 0.1) is 16.5 Å². The number of nitriles is 1. The maximum Gasteiger partial charge on any atom is 0.261 e. The van der Waals surface area contributed by atoms with Gasteiger partial charge in [0.2, 0.25) is 10.0 Å². The van der Waals surface area contributed by atoms with E-state index in [1.54, 1.807) is 69.3 Å². The summed E-state index contributed by atoms with van der Waals surface area (Å²) in [5.74, 6) is 0.201. The van der Waals surface area contributed by atoms with Gasteiger partial charge in [0.15, 0.2) is 6.10 Å². The van der Waals surface area contributed by atoms with Gasteiger partial charge in [0.25, 0.3) is 5.91 Å². The van der Waals surface area contributed by atoms with Crippen LogP contribution in [0.5, 0.6) is 5.75 Å². The molecule has 0 aliphatic carbocycles. The van der Waals surface area contributed by atoms with Gasteiger partial charge in [-0.25, -0.2) is 8.42 Å². The van der Waals surface area contributed by atoms with Crippen molar-refractivity contribution in [1.82, 2.24) is 9.62 Å². The van der Waals surface area contributed by atoms with E-state index in [9.17, 15) is 13.2 Å². The molecule has 0 saturated heterocycles. The van der Waals surface area contributed by atoms with E-state index in [1.807, 2.05) is 6.07 Å². The number of nitrogens with zero attached hydrogens (tertiary/aromatic N) is 2. The lowest BCUT2D eigenvalue weighted by atomic mass is 10.2. The monoisotopic (exact) mass is 415 g/mol. The van der Waals surface area contributed by atoms with E-state index in [4.69, 9.17) is 10.00 Å². The van der Waals surface area contributed by atoms with Gasteiger partial charge >= 0.3 is 0 Å². The molecule has 1 atom stereocenters. The number of ether oxygens (including phenoxy) is 1. The second-order valence-corrected chi connectivity index (χ2v) is 8.29. The summed E-state index contributed by atoms with van der Waals surface area (Å²) in [5.41, 5.74) is 1.29. The zero-order valence-electron chi connectivity index (χ0n) is 16.8. The molecule has 0 bridgehead atoms. The molecule has 2 aromatic rings. The summed E-state index contributed by atoms with van der Waals surface area (Å²) in [6, 6.07) is 15.0. The van der Waals surface area contributed by atoms with Crippen LogP contribution >= 0.6 is 0 Å². The van der Waals surface area contributed by atoms with Gasteiger partial charge in [0.1, 0.15) is 5.75 Å². The standard InChI is InChI=1S/C21H25N3O4S/c1-4-24(5-2)29(26,27)20-12-8-18(9-13-20)15-23-21(25)16(3)28-19-10-6-17(14-22)7-11-19/h6-13,16H,4-5,15H2,1-3H3,(H,23,25)/t16-/m1/s1. The van der Waals surface area contributed by atoms with Gasteiger partial charge in [-0.2, -0.15) is 9.57 Å². The number of hydrogen-bond donors (Lipinski definition) is 1. The lowest BCUT2D eigenvalue weighted by Crippen LogP contribution is -2.35. The minimum absolute atomic E-state index is 0.230. The van der Waals surface area contributed by atoms with Gasteiger partial charge in [-0.15, -0.1) is 0 Å². The van der Waals surface area contributed by atoms with Crippen LogP contribution in [0, 0.1) is 11.3 Å². The van der Waals surface area contributed by atoms with Crippen molar-refractivity contribution in [3.63, 3.8) is 0 Å². The molecule has 7 nitrogen and oxygen atoms in total. The Kier molecular flexibility index (Phi) is 7.76. The minimum atomic E-state index is -3.50. The zero-order chi connectivity index (χ0) is 21.4. The summed E-state index contributed by atoms with van der Waals surface area (Å²) in [7, 11) is -3.50. The second-order valence-electron chi connectivity index (χ2n) is 6.35. The van der Waals surface area contributed by atoms with Crippen molar-refractivity contribution in [2.75, 3.05) is 13.1 Å². The normalized spacial score (nSPS) is 12.2. The fourth-order valence-electron chi connectivity index (χ4n) is 2.69. The van der Waals surface area contributed by atoms with Crippen molar-refractivity contribution < 1.29 is 17.9 Å². The first-order valence-corrected chi connectivity index (χ1v) is 10.8. The highest BCUT2D eigenvalue weighted by Gasteiger charge is 2.21. The number of amides is 1. The Balaban J connectivity index is 1.93. The highest BCUT2D eigenvalue weighted by molar-refractivity contribution is 7.89. The molecule has 0 radical (unpaired) electrons. The largest absolute Gasteiger partial charge is 0.481 e. The Hall–Kier alpha value is -2.89. The van der Waals surface area contributed by atoms with Crippen LogP contribution in [-0.4, -0.2) is 37.8 Å². The minimum Gasteiger partial charge on any atom is -0.481 e. The van der Waals surface area contributed by atoms with E-state index >= 15 is 0 Å². The smallest absolute Gasteiger partial charge is 0.261 e. The van der Waals surface area contributed by atoms with Crippen LogP contribution in [0.15, 0.2) is 53.4 Å². The van der Waals surface area contributed by atoms with Crippen molar-refractivity contribution in [3.8, 4) is 11.8 Å². The summed E-state index contributed by atoms with van der Waals surface area (Å²) in [5, 5.41) is 11.6. The van der Waals surface area contributed by atoms with Crippen LogP contribution in [0.3, 0.4) is 0 Å². The molecule has 29 heavy (non-hydrogen) atoms. The molecular weight excluding hydrogens is 390 g/mol. The van der Waals surface area contributed by atoms with Gasteiger partial charge in [0, 0.05) is 19.6 Å². The highest BCUT2D eigenvalue weighted by atomic mass is 32.2. The Morgan fingerprint density at radius 3 is 2.21 bits per heavy atom. The number of sulfonamides is 1. The Labute approximate surface area is 172 Å².